The molecule has 1 heterocycles. The van der Waals surface area contributed by atoms with E-state index < -0.39 is 5.91 Å². The van der Waals surface area contributed by atoms with Gasteiger partial charge in [0.2, 0.25) is 0 Å². The van der Waals surface area contributed by atoms with Crippen LogP contribution >= 0.6 is 0 Å². The molecule has 4 rings (SSSR count). The fraction of sp³-hybridized carbons (Fsp3) is 0.214. The lowest BCUT2D eigenvalue weighted by atomic mass is 10.0. The first kappa shape index (κ1) is 23.1. The average molecular weight is 456 g/mol. The van der Waals surface area contributed by atoms with Crippen molar-refractivity contribution in [3.63, 3.8) is 0 Å². The molecule has 34 heavy (non-hydrogen) atoms. The maximum atomic E-state index is 13.6. The lowest BCUT2D eigenvalue weighted by molar-refractivity contribution is -0.120. The van der Waals surface area contributed by atoms with Crippen LogP contribution in [0.5, 0.6) is 5.75 Å². The Morgan fingerprint density at radius 3 is 2.12 bits per heavy atom. The van der Waals surface area contributed by atoms with Gasteiger partial charge in [-0.2, -0.15) is 0 Å². The Labute approximate surface area is 200 Å². The molecule has 0 radical (unpaired) electrons. The van der Waals surface area contributed by atoms with Crippen molar-refractivity contribution in [2.45, 2.75) is 20.8 Å². The number of carbonyl (C=O) groups excluding carboxylic acids is 2. The molecule has 0 fully saturated rings. The molecule has 0 atom stereocenters. The maximum absolute atomic E-state index is 13.6. The summed E-state index contributed by atoms with van der Waals surface area (Å²) < 4.78 is 5.51. The monoisotopic (exact) mass is 455 g/mol. The number of imide groups is 1. The van der Waals surface area contributed by atoms with Gasteiger partial charge in [-0.25, -0.2) is 4.90 Å². The van der Waals surface area contributed by atoms with E-state index in [2.05, 4.69) is 24.1 Å². The summed E-state index contributed by atoms with van der Waals surface area (Å²) in [5, 5.41) is 3.23. The highest BCUT2D eigenvalue weighted by Crippen LogP contribution is 2.37. The largest absolute Gasteiger partial charge is 0.496 e. The number of rotatable bonds is 8. The minimum Gasteiger partial charge on any atom is -0.496 e. The Morgan fingerprint density at radius 1 is 0.853 bits per heavy atom. The van der Waals surface area contributed by atoms with Gasteiger partial charge in [0.25, 0.3) is 11.8 Å². The van der Waals surface area contributed by atoms with Gasteiger partial charge in [-0.1, -0.05) is 35.9 Å². The number of methoxy groups -OCH3 is 1. The van der Waals surface area contributed by atoms with Crippen molar-refractivity contribution in [3.8, 4) is 5.75 Å². The standard InChI is InChI=1S/C28H29N3O3/c1-5-30(6-2)21-17-13-20(14-18-21)29-26-25(23-9-7-8-10-24(23)34-4)27(32)31(28(26)33)22-15-11-19(3)12-16-22/h7-18,29H,5-6H2,1-4H3. The normalized spacial score (nSPS) is 13.5. The van der Waals surface area contributed by atoms with E-state index in [1.54, 1.807) is 31.4 Å². The molecule has 0 unspecified atom stereocenters. The molecular formula is C28H29N3O3. The number of para-hydroxylation sites is 1. The van der Waals surface area contributed by atoms with Crippen LogP contribution in [-0.4, -0.2) is 32.0 Å². The molecule has 1 N–H and O–H groups in total. The summed E-state index contributed by atoms with van der Waals surface area (Å²) in [5.74, 6) is -0.260. The lowest BCUT2D eigenvalue weighted by Crippen LogP contribution is -2.32. The van der Waals surface area contributed by atoms with Crippen LogP contribution in [0.25, 0.3) is 5.57 Å². The van der Waals surface area contributed by atoms with Crippen molar-refractivity contribution in [2.24, 2.45) is 0 Å². The first-order chi connectivity index (χ1) is 16.5. The molecule has 2 amide bonds. The third kappa shape index (κ3) is 4.27. The Kier molecular flexibility index (Phi) is 6.68. The van der Waals surface area contributed by atoms with E-state index in [1.165, 1.54) is 4.90 Å². The highest BCUT2D eigenvalue weighted by molar-refractivity contribution is 6.46. The summed E-state index contributed by atoms with van der Waals surface area (Å²) in [6, 6.07) is 22.4. The van der Waals surface area contributed by atoms with Crippen LogP contribution in [0.4, 0.5) is 17.1 Å². The summed E-state index contributed by atoms with van der Waals surface area (Å²) in [6.45, 7) is 8.01. The third-order valence-electron chi connectivity index (χ3n) is 6.02. The molecular weight excluding hydrogens is 426 g/mol. The SMILES string of the molecule is CCN(CC)c1ccc(NC2=C(c3ccccc3OC)C(=O)N(c3ccc(C)cc3)C2=O)cc1. The molecule has 1 aliphatic rings. The average Bonchev–Trinajstić information content (AvgIpc) is 3.10. The predicted molar refractivity (Wildman–Crippen MR) is 137 cm³/mol. The number of amides is 2. The number of carbonyl (C=O) groups is 2. The number of nitrogens with one attached hydrogen (secondary N) is 1. The first-order valence-corrected chi connectivity index (χ1v) is 11.4. The highest BCUT2D eigenvalue weighted by atomic mass is 16.5. The van der Waals surface area contributed by atoms with Gasteiger partial charge in [0.15, 0.2) is 0 Å². The van der Waals surface area contributed by atoms with Gasteiger partial charge < -0.3 is 15.0 Å². The Morgan fingerprint density at radius 2 is 1.50 bits per heavy atom. The predicted octanol–water partition coefficient (Wildman–Crippen LogP) is 5.25. The molecule has 0 spiro atoms. The van der Waals surface area contributed by atoms with Gasteiger partial charge in [0.1, 0.15) is 11.4 Å². The fourth-order valence-electron chi connectivity index (χ4n) is 4.16. The van der Waals surface area contributed by atoms with Gasteiger partial charge in [-0.15, -0.1) is 0 Å². The summed E-state index contributed by atoms with van der Waals surface area (Å²) in [4.78, 5) is 30.7. The topological polar surface area (TPSA) is 61.9 Å². The number of anilines is 3. The van der Waals surface area contributed by atoms with E-state index in [1.807, 2.05) is 55.5 Å². The van der Waals surface area contributed by atoms with E-state index >= 15 is 0 Å². The number of nitrogens with zero attached hydrogens (tertiary/aromatic N) is 2. The molecule has 0 saturated heterocycles. The zero-order chi connectivity index (χ0) is 24.2. The van der Waals surface area contributed by atoms with Gasteiger partial charge in [0, 0.05) is 30.0 Å². The summed E-state index contributed by atoms with van der Waals surface area (Å²) in [6.07, 6.45) is 0. The van der Waals surface area contributed by atoms with Gasteiger partial charge in [-0.05, 0) is 63.2 Å². The summed E-state index contributed by atoms with van der Waals surface area (Å²) >= 11 is 0. The molecule has 6 heteroatoms. The molecule has 0 saturated carbocycles. The molecule has 0 bridgehead atoms. The molecule has 6 nitrogen and oxygen atoms in total. The van der Waals surface area contributed by atoms with Gasteiger partial charge in [-0.3, -0.25) is 9.59 Å². The second kappa shape index (κ2) is 9.83. The quantitative estimate of drug-likeness (QED) is 0.470. The minimum absolute atomic E-state index is 0.227. The number of aryl methyl sites for hydroxylation is 1. The van der Waals surface area contributed by atoms with Crippen molar-refractivity contribution >= 4 is 34.4 Å². The fourth-order valence-corrected chi connectivity index (χ4v) is 4.16. The minimum atomic E-state index is -0.400. The lowest BCUT2D eigenvalue weighted by Gasteiger charge is -2.21. The van der Waals surface area contributed by atoms with Crippen LogP contribution in [0.2, 0.25) is 0 Å². The van der Waals surface area contributed by atoms with Crippen molar-refractivity contribution in [3.05, 3.63) is 89.6 Å². The third-order valence-corrected chi connectivity index (χ3v) is 6.02. The Balaban J connectivity index is 1.78. The smallest absolute Gasteiger partial charge is 0.282 e. The van der Waals surface area contributed by atoms with Crippen LogP contribution in [0.1, 0.15) is 25.0 Å². The molecule has 3 aromatic rings. The van der Waals surface area contributed by atoms with E-state index in [0.29, 0.717) is 17.0 Å². The van der Waals surface area contributed by atoms with Crippen LogP contribution in [0.3, 0.4) is 0 Å². The maximum Gasteiger partial charge on any atom is 0.282 e. The van der Waals surface area contributed by atoms with Crippen LogP contribution in [-0.2, 0) is 9.59 Å². The second-order valence-electron chi connectivity index (χ2n) is 8.08. The van der Waals surface area contributed by atoms with Crippen LogP contribution < -0.4 is 19.9 Å². The summed E-state index contributed by atoms with van der Waals surface area (Å²) in [7, 11) is 1.55. The van der Waals surface area contributed by atoms with E-state index in [0.717, 1.165) is 30.0 Å². The van der Waals surface area contributed by atoms with Crippen LogP contribution in [0, 0.1) is 6.92 Å². The van der Waals surface area contributed by atoms with Gasteiger partial charge >= 0.3 is 0 Å². The van der Waals surface area contributed by atoms with E-state index in [-0.39, 0.29) is 17.2 Å². The van der Waals surface area contributed by atoms with Crippen molar-refractivity contribution in [2.75, 3.05) is 35.3 Å². The molecule has 174 valence electrons. The number of hydrogen-bond donors (Lipinski definition) is 1. The summed E-state index contributed by atoms with van der Waals surface area (Å²) in [5.41, 5.74) is 4.49. The Hall–Kier alpha value is -4.06. The number of benzene rings is 3. The number of hydrogen-bond acceptors (Lipinski definition) is 5. The molecule has 3 aromatic carbocycles. The second-order valence-corrected chi connectivity index (χ2v) is 8.08. The van der Waals surface area contributed by atoms with Crippen molar-refractivity contribution < 1.29 is 14.3 Å². The highest BCUT2D eigenvalue weighted by Gasteiger charge is 2.41. The zero-order valence-corrected chi connectivity index (χ0v) is 20.0. The van der Waals surface area contributed by atoms with Crippen molar-refractivity contribution in [1.82, 2.24) is 0 Å². The molecule has 0 aromatic heterocycles. The van der Waals surface area contributed by atoms with Crippen molar-refractivity contribution in [1.29, 1.82) is 0 Å². The zero-order valence-electron chi connectivity index (χ0n) is 20.0. The van der Waals surface area contributed by atoms with E-state index in [9.17, 15) is 9.59 Å². The molecule has 1 aliphatic heterocycles. The van der Waals surface area contributed by atoms with Gasteiger partial charge in [0.05, 0.1) is 18.4 Å². The van der Waals surface area contributed by atoms with E-state index in [4.69, 9.17) is 4.74 Å². The molecule has 0 aliphatic carbocycles. The number of ether oxygens (including phenoxy) is 1. The first-order valence-electron chi connectivity index (χ1n) is 11.4. The van der Waals surface area contributed by atoms with Crippen LogP contribution in [0.15, 0.2) is 78.5 Å². The Bertz CT molecular complexity index is 1230.